The topological polar surface area (TPSA) is 9.86 Å². The number of allylic oxidation sites excluding steroid dienone is 4. The van der Waals surface area contributed by atoms with E-state index in [1.54, 1.807) is 0 Å². The summed E-state index contributed by atoms with van der Waals surface area (Å²) in [5.41, 5.74) is 29.1. The summed E-state index contributed by atoms with van der Waals surface area (Å²) < 4.78 is 5.79. The third-order valence-electron chi connectivity index (χ3n) is 22.3. The molecule has 14 aromatic carbocycles. The summed E-state index contributed by atoms with van der Waals surface area (Å²) in [7, 11) is 2.36. The van der Waals surface area contributed by atoms with E-state index in [0.29, 0.717) is 4.48 Å². The van der Waals surface area contributed by atoms with Crippen LogP contribution in [0.25, 0.3) is 148 Å². The van der Waals surface area contributed by atoms with Crippen LogP contribution in [0.5, 0.6) is 0 Å². The Morgan fingerprint density at radius 2 is 0.870 bits per heavy atom. The number of benzene rings is 14. The zero-order valence-electron chi connectivity index (χ0n) is 52.2. The summed E-state index contributed by atoms with van der Waals surface area (Å²) >= 11 is 0. The molecule has 0 unspecified atom stereocenters. The second kappa shape index (κ2) is 18.4. The lowest BCUT2D eigenvalue weighted by Gasteiger charge is -2.36. The highest BCUT2D eigenvalue weighted by molar-refractivity contribution is 6.28. The largest absolute Gasteiger partial charge is 0.309 e. The molecule has 3 nitrogen and oxygen atoms in total. The molecule has 3 heterocycles. The number of nitrogens with zero attached hydrogens (tertiary/aromatic N) is 3. The Kier molecular flexibility index (Phi) is 10.4. The molecule has 92 heavy (non-hydrogen) atoms. The molecule has 0 radical (unpaired) electrons. The van der Waals surface area contributed by atoms with E-state index in [2.05, 4.69) is 317 Å². The maximum Gasteiger partial charge on any atom is 0.150 e. The molecule has 4 aliphatic rings. The lowest BCUT2D eigenvalue weighted by atomic mass is 9.67. The van der Waals surface area contributed by atoms with Gasteiger partial charge in [0.2, 0.25) is 0 Å². The maximum atomic E-state index is 2.60. The lowest BCUT2D eigenvalue weighted by Crippen LogP contribution is -2.31. The van der Waals surface area contributed by atoms with Gasteiger partial charge in [0.25, 0.3) is 0 Å². The average Bonchev–Trinajstić information content (AvgIpc) is 1.53. The van der Waals surface area contributed by atoms with Gasteiger partial charge in [-0.1, -0.05) is 192 Å². The van der Waals surface area contributed by atoms with Crippen molar-refractivity contribution in [2.24, 2.45) is 0 Å². The van der Waals surface area contributed by atoms with Gasteiger partial charge in [0, 0.05) is 90.1 Å². The van der Waals surface area contributed by atoms with Crippen molar-refractivity contribution in [2.45, 2.75) is 51.4 Å². The molecule has 434 valence electrons. The number of hydrogen-bond acceptors (Lipinski definition) is 0. The first-order chi connectivity index (χ1) is 45.0. The summed E-state index contributed by atoms with van der Waals surface area (Å²) in [6.45, 7) is 9.71. The van der Waals surface area contributed by atoms with E-state index in [9.17, 15) is 0 Å². The molecule has 0 bridgehead atoms. The first-order valence-electron chi connectivity index (χ1n) is 32.8. The molecule has 0 fully saturated rings. The lowest BCUT2D eigenvalue weighted by molar-refractivity contribution is 0.642. The zero-order valence-corrected chi connectivity index (χ0v) is 52.2. The fourth-order valence-corrected chi connectivity index (χ4v) is 17.9. The number of aromatic nitrogens is 2. The summed E-state index contributed by atoms with van der Waals surface area (Å²) in [5.74, 6) is 0. The first kappa shape index (κ1) is 52.0. The van der Waals surface area contributed by atoms with Gasteiger partial charge in [-0.05, 0) is 191 Å². The minimum Gasteiger partial charge on any atom is -0.309 e. The van der Waals surface area contributed by atoms with Gasteiger partial charge in [0.15, 0.2) is 11.4 Å². The van der Waals surface area contributed by atoms with E-state index in [0.717, 1.165) is 18.5 Å². The van der Waals surface area contributed by atoms with Crippen molar-refractivity contribution in [3.63, 3.8) is 0 Å². The summed E-state index contributed by atoms with van der Waals surface area (Å²) in [6.07, 6.45) is 8.92. The van der Waals surface area contributed by atoms with Gasteiger partial charge in [-0.2, -0.15) is 0 Å². The number of rotatable bonds is 5. The van der Waals surface area contributed by atoms with Crippen molar-refractivity contribution in [3.05, 3.63) is 301 Å². The number of fused-ring (bicyclic) bond motifs is 17. The SMILES string of the molecule is CC1(C)c2ccccc2-c2c3c1cccc3cc1c2c2cc3ccc(-c4cc5c6c(c7c8cc9ccccc9cc8n(-c8ccccc8C8=CC=CCC8)c7cc6c4)-c4ccccc4C5(C)C)cc3cc2n1-c1ccc([N+]2(C)c3ccccc3-c3ccccc32)cc1. The molecule has 0 atom stereocenters. The summed E-state index contributed by atoms with van der Waals surface area (Å²) in [4.78, 5) is 0. The van der Waals surface area contributed by atoms with Crippen LogP contribution in [0.3, 0.4) is 0 Å². The standard InChI is InChI=1S/C89H64N3/c1-88(2)71-32-16-11-30-67(71)86-82-58(26-21-34-73(82)88)50-78-84(86)69-47-57-39-38-56(44-60(57)51-76(69)90(78)62-40-42-63(43-41-62)92(5)80-36-19-14-28-65(80)66-29-15-20-37-81(66)92)59-45-61-52-79-85(87-68-31-12-17-33-72(68)89(3,4)74(48-59)83(61)87)70-46-54-24-9-10-25-55(54)49-77(70)91(79)75-35-18-13-27-64(75)53-22-7-6-8-23-53/h6-7,9-22,24-52H,8,23H2,1-5H3/q+1. The molecule has 1 aliphatic heterocycles. The van der Waals surface area contributed by atoms with Crippen molar-refractivity contribution in [2.75, 3.05) is 7.05 Å². The summed E-state index contributed by atoms with van der Waals surface area (Å²) in [6, 6.07) is 98.1. The normalized spacial score (nSPS) is 15.4. The quantitative estimate of drug-likeness (QED) is 0.152. The molecule has 20 rings (SSSR count). The van der Waals surface area contributed by atoms with Crippen molar-refractivity contribution in [3.8, 4) is 55.9 Å². The molecule has 0 spiro atoms. The van der Waals surface area contributed by atoms with Crippen molar-refractivity contribution >= 4 is 109 Å². The number of para-hydroxylation sites is 3. The Bertz CT molecular complexity index is 6030. The van der Waals surface area contributed by atoms with Crippen LogP contribution in [0.1, 0.15) is 68.4 Å². The molecule has 16 aromatic rings. The molecule has 0 saturated heterocycles. The Morgan fingerprint density at radius 3 is 1.55 bits per heavy atom. The smallest absolute Gasteiger partial charge is 0.150 e. The molecule has 0 amide bonds. The predicted molar refractivity (Wildman–Crippen MR) is 391 cm³/mol. The maximum absolute atomic E-state index is 2.60. The van der Waals surface area contributed by atoms with E-state index in [1.165, 1.54) is 187 Å². The minimum absolute atomic E-state index is 0.170. The van der Waals surface area contributed by atoms with E-state index in [1.807, 2.05) is 0 Å². The highest BCUT2D eigenvalue weighted by Crippen LogP contribution is 2.59. The Labute approximate surface area is 534 Å². The van der Waals surface area contributed by atoms with Gasteiger partial charge in [-0.3, -0.25) is 0 Å². The fourth-order valence-electron chi connectivity index (χ4n) is 17.9. The van der Waals surface area contributed by atoms with Crippen LogP contribution in [0.15, 0.2) is 273 Å². The Morgan fingerprint density at radius 1 is 0.359 bits per heavy atom. The molecule has 3 heteroatoms. The highest BCUT2D eigenvalue weighted by Gasteiger charge is 2.43. The Hall–Kier alpha value is -10.8. The van der Waals surface area contributed by atoms with E-state index in [-0.39, 0.29) is 10.8 Å². The van der Waals surface area contributed by atoms with E-state index < -0.39 is 0 Å². The van der Waals surface area contributed by atoms with Crippen LogP contribution < -0.4 is 4.48 Å². The van der Waals surface area contributed by atoms with Crippen molar-refractivity contribution in [1.29, 1.82) is 0 Å². The Balaban J connectivity index is 0.843. The first-order valence-corrected chi connectivity index (χ1v) is 32.8. The van der Waals surface area contributed by atoms with Crippen LogP contribution in [0.2, 0.25) is 0 Å². The molecule has 2 aromatic heterocycles. The van der Waals surface area contributed by atoms with E-state index >= 15 is 0 Å². The van der Waals surface area contributed by atoms with Crippen LogP contribution >= 0.6 is 0 Å². The number of hydrogen-bond donors (Lipinski definition) is 0. The van der Waals surface area contributed by atoms with Gasteiger partial charge in [-0.25, -0.2) is 4.48 Å². The van der Waals surface area contributed by atoms with Gasteiger partial charge in [-0.15, -0.1) is 0 Å². The van der Waals surface area contributed by atoms with Crippen molar-refractivity contribution in [1.82, 2.24) is 13.6 Å². The average molecular weight is 1180 g/mol. The second-order valence-corrected chi connectivity index (χ2v) is 27.7. The minimum atomic E-state index is -0.290. The molecular weight excluding hydrogens is 1110 g/mol. The van der Waals surface area contributed by atoms with Gasteiger partial charge in [0.1, 0.15) is 5.69 Å². The van der Waals surface area contributed by atoms with E-state index in [4.69, 9.17) is 0 Å². The highest BCUT2D eigenvalue weighted by atomic mass is 15.4. The third-order valence-corrected chi connectivity index (χ3v) is 22.3. The zero-order chi connectivity index (χ0) is 61.1. The third kappa shape index (κ3) is 6.83. The second-order valence-electron chi connectivity index (χ2n) is 27.7. The molecule has 0 N–H and O–H groups in total. The molecule has 0 saturated carbocycles. The molecule has 3 aliphatic carbocycles. The van der Waals surface area contributed by atoms with Crippen LogP contribution in [-0.4, -0.2) is 16.2 Å². The summed E-state index contributed by atoms with van der Waals surface area (Å²) in [5, 5.41) is 15.3. The van der Waals surface area contributed by atoms with Crippen LogP contribution in [0.4, 0.5) is 17.1 Å². The monoisotopic (exact) mass is 1170 g/mol. The predicted octanol–water partition coefficient (Wildman–Crippen LogP) is 24.1. The van der Waals surface area contributed by atoms with Crippen molar-refractivity contribution < 1.29 is 0 Å². The van der Waals surface area contributed by atoms with Gasteiger partial charge >= 0.3 is 0 Å². The van der Waals surface area contributed by atoms with Crippen LogP contribution in [0, 0.1) is 0 Å². The van der Waals surface area contributed by atoms with Gasteiger partial charge < -0.3 is 9.13 Å². The van der Waals surface area contributed by atoms with Crippen LogP contribution in [-0.2, 0) is 10.8 Å². The fraction of sp³-hybridized carbons (Fsp3) is 0.101. The van der Waals surface area contributed by atoms with Gasteiger partial charge in [0.05, 0.1) is 34.8 Å². The number of quaternary nitrogens is 1. The molecular formula is C89H64N3+.